The molecule has 1 aliphatic heterocycles. The summed E-state index contributed by atoms with van der Waals surface area (Å²) in [6.45, 7) is 2.41. The first kappa shape index (κ1) is 14.9. The molecule has 2 rings (SSSR count). The largest absolute Gasteiger partial charge is 0.481 e. The number of nitrogens with zero attached hydrogens (tertiary/aromatic N) is 1. The van der Waals surface area contributed by atoms with Gasteiger partial charge in [0, 0.05) is 17.6 Å². The number of halogens is 2. The maximum absolute atomic E-state index is 13.9. The number of carboxylic acid groups (broad SMARTS) is 1. The minimum atomic E-state index is -0.872. The molecule has 2 unspecified atom stereocenters. The predicted octanol–water partition coefficient (Wildman–Crippen LogP) is 3.36. The van der Waals surface area contributed by atoms with Gasteiger partial charge in [-0.1, -0.05) is 12.5 Å². The van der Waals surface area contributed by atoms with Crippen molar-refractivity contribution in [3.63, 3.8) is 0 Å². The summed E-state index contributed by atoms with van der Waals surface area (Å²) in [5.41, 5.74) is 0.0322. The molecule has 0 spiro atoms. The van der Waals surface area contributed by atoms with Gasteiger partial charge in [-0.25, -0.2) is 8.78 Å². The molecule has 0 aliphatic carbocycles. The van der Waals surface area contributed by atoms with Crippen molar-refractivity contribution in [1.82, 2.24) is 4.90 Å². The molecule has 1 aliphatic rings. The summed E-state index contributed by atoms with van der Waals surface area (Å²) in [6, 6.07) is 3.21. The van der Waals surface area contributed by atoms with Gasteiger partial charge in [0.15, 0.2) is 0 Å². The molecular formula is C15H19F2NO2. The Balaban J connectivity index is 2.25. The number of carbonyl (C=O) groups is 1. The molecular weight excluding hydrogens is 264 g/mol. The second-order valence-electron chi connectivity index (χ2n) is 5.30. The van der Waals surface area contributed by atoms with Crippen LogP contribution in [-0.2, 0) is 4.79 Å². The van der Waals surface area contributed by atoms with E-state index in [-0.39, 0.29) is 18.0 Å². The average molecular weight is 283 g/mol. The van der Waals surface area contributed by atoms with Gasteiger partial charge in [-0.05, 0) is 38.4 Å². The van der Waals surface area contributed by atoms with Crippen LogP contribution in [0.4, 0.5) is 8.78 Å². The minimum Gasteiger partial charge on any atom is -0.481 e. The fourth-order valence-corrected chi connectivity index (χ4v) is 3.03. The van der Waals surface area contributed by atoms with E-state index < -0.39 is 23.6 Å². The van der Waals surface area contributed by atoms with Crippen molar-refractivity contribution in [3.8, 4) is 0 Å². The van der Waals surface area contributed by atoms with E-state index in [1.54, 1.807) is 6.92 Å². The van der Waals surface area contributed by atoms with Gasteiger partial charge in [0.25, 0.3) is 0 Å². The van der Waals surface area contributed by atoms with Crippen molar-refractivity contribution in [2.24, 2.45) is 0 Å². The lowest BCUT2D eigenvalue weighted by Crippen LogP contribution is -2.42. The molecule has 0 bridgehead atoms. The highest BCUT2D eigenvalue weighted by atomic mass is 19.1. The van der Waals surface area contributed by atoms with Crippen LogP contribution in [0.1, 0.15) is 44.2 Å². The zero-order chi connectivity index (χ0) is 14.7. The number of benzene rings is 1. The fraction of sp³-hybridized carbons (Fsp3) is 0.533. The fourth-order valence-electron chi connectivity index (χ4n) is 3.03. The Morgan fingerprint density at radius 1 is 1.40 bits per heavy atom. The Morgan fingerprint density at radius 2 is 2.05 bits per heavy atom. The van der Waals surface area contributed by atoms with Gasteiger partial charge in [-0.2, -0.15) is 0 Å². The lowest BCUT2D eigenvalue weighted by Gasteiger charge is -2.39. The molecule has 20 heavy (non-hydrogen) atoms. The van der Waals surface area contributed by atoms with E-state index in [1.807, 2.05) is 4.90 Å². The monoisotopic (exact) mass is 283 g/mol. The Kier molecular flexibility index (Phi) is 4.70. The highest BCUT2D eigenvalue weighted by molar-refractivity contribution is 5.67. The van der Waals surface area contributed by atoms with Gasteiger partial charge in [0.1, 0.15) is 11.6 Å². The third-order valence-electron chi connectivity index (χ3n) is 4.00. The summed E-state index contributed by atoms with van der Waals surface area (Å²) in [7, 11) is 0. The number of hydrogen-bond acceptors (Lipinski definition) is 2. The first-order chi connectivity index (χ1) is 9.50. The Hall–Kier alpha value is -1.49. The molecule has 3 nitrogen and oxygen atoms in total. The lowest BCUT2D eigenvalue weighted by atomic mass is 9.94. The second kappa shape index (κ2) is 6.31. The van der Waals surface area contributed by atoms with Crippen molar-refractivity contribution in [3.05, 3.63) is 35.4 Å². The van der Waals surface area contributed by atoms with Crippen LogP contribution in [0.25, 0.3) is 0 Å². The predicted molar refractivity (Wildman–Crippen MR) is 71.4 cm³/mol. The summed E-state index contributed by atoms with van der Waals surface area (Å²) < 4.78 is 27.7. The van der Waals surface area contributed by atoms with Gasteiger partial charge in [0.05, 0.1) is 6.42 Å². The molecule has 5 heteroatoms. The van der Waals surface area contributed by atoms with E-state index in [9.17, 15) is 13.6 Å². The van der Waals surface area contributed by atoms with E-state index in [0.717, 1.165) is 19.3 Å². The zero-order valence-electron chi connectivity index (χ0n) is 11.5. The van der Waals surface area contributed by atoms with Crippen LogP contribution in [0.2, 0.25) is 0 Å². The maximum atomic E-state index is 13.9. The Bertz CT molecular complexity index is 473. The molecule has 0 aromatic heterocycles. The molecule has 0 radical (unpaired) electrons. The van der Waals surface area contributed by atoms with Crippen LogP contribution in [0, 0.1) is 11.6 Å². The number of likely N-dealkylation sites (tertiary alicyclic amines) is 1. The molecule has 110 valence electrons. The number of piperidine rings is 1. The Labute approximate surface area is 117 Å². The van der Waals surface area contributed by atoms with Crippen molar-refractivity contribution in [2.75, 3.05) is 6.54 Å². The molecule has 1 saturated heterocycles. The third kappa shape index (κ3) is 3.15. The normalized spacial score (nSPS) is 21.6. The third-order valence-corrected chi connectivity index (χ3v) is 4.00. The van der Waals surface area contributed by atoms with Crippen molar-refractivity contribution >= 4 is 5.97 Å². The van der Waals surface area contributed by atoms with Gasteiger partial charge in [0.2, 0.25) is 0 Å². The highest BCUT2D eigenvalue weighted by Crippen LogP contribution is 2.32. The van der Waals surface area contributed by atoms with E-state index in [1.165, 1.54) is 18.2 Å². The molecule has 0 saturated carbocycles. The maximum Gasteiger partial charge on any atom is 0.304 e. The van der Waals surface area contributed by atoms with E-state index in [4.69, 9.17) is 5.11 Å². The standard InChI is InChI=1S/C15H19F2NO2/c1-10(15-12(16)6-4-7-13(15)17)18-8-3-2-5-11(18)9-14(19)20/h4,6-7,10-11H,2-3,5,8-9H2,1H3,(H,19,20). The summed E-state index contributed by atoms with van der Waals surface area (Å²) in [5.74, 6) is -2.02. The smallest absolute Gasteiger partial charge is 0.304 e. The second-order valence-corrected chi connectivity index (χ2v) is 5.30. The van der Waals surface area contributed by atoms with Crippen molar-refractivity contribution < 1.29 is 18.7 Å². The average Bonchev–Trinajstić information content (AvgIpc) is 2.38. The lowest BCUT2D eigenvalue weighted by molar-refractivity contribution is -0.139. The quantitative estimate of drug-likeness (QED) is 0.921. The minimum absolute atomic E-state index is 0.0143. The molecule has 1 aromatic rings. The van der Waals surface area contributed by atoms with Gasteiger partial charge < -0.3 is 5.11 Å². The molecule has 1 N–H and O–H groups in total. The number of rotatable bonds is 4. The number of aliphatic carboxylic acids is 1. The summed E-state index contributed by atoms with van der Waals surface area (Å²) in [6.07, 6.45) is 2.66. The van der Waals surface area contributed by atoms with Crippen LogP contribution in [-0.4, -0.2) is 28.6 Å². The van der Waals surface area contributed by atoms with Crippen LogP contribution in [0.15, 0.2) is 18.2 Å². The van der Waals surface area contributed by atoms with Crippen LogP contribution >= 0.6 is 0 Å². The highest BCUT2D eigenvalue weighted by Gasteiger charge is 2.31. The van der Waals surface area contributed by atoms with Gasteiger partial charge in [-0.15, -0.1) is 0 Å². The SMILES string of the molecule is CC(c1c(F)cccc1F)N1CCCCC1CC(=O)O. The topological polar surface area (TPSA) is 40.5 Å². The first-order valence-corrected chi connectivity index (χ1v) is 6.92. The molecule has 0 amide bonds. The summed E-state index contributed by atoms with van der Waals surface area (Å²) in [4.78, 5) is 12.8. The zero-order valence-corrected chi connectivity index (χ0v) is 11.5. The molecule has 1 fully saturated rings. The van der Waals surface area contributed by atoms with E-state index in [0.29, 0.717) is 6.54 Å². The van der Waals surface area contributed by atoms with Crippen LogP contribution < -0.4 is 0 Å². The van der Waals surface area contributed by atoms with Crippen molar-refractivity contribution in [2.45, 2.75) is 44.7 Å². The molecule has 1 aromatic carbocycles. The van der Waals surface area contributed by atoms with Gasteiger partial charge in [-0.3, -0.25) is 9.69 Å². The molecule has 2 atom stereocenters. The van der Waals surface area contributed by atoms with E-state index in [2.05, 4.69) is 0 Å². The molecule has 1 heterocycles. The Morgan fingerprint density at radius 3 is 2.65 bits per heavy atom. The van der Waals surface area contributed by atoms with E-state index >= 15 is 0 Å². The summed E-state index contributed by atoms with van der Waals surface area (Å²) in [5, 5.41) is 8.97. The van der Waals surface area contributed by atoms with Gasteiger partial charge >= 0.3 is 5.97 Å². The number of hydrogen-bond donors (Lipinski definition) is 1. The van der Waals surface area contributed by atoms with Crippen LogP contribution in [0.3, 0.4) is 0 Å². The number of carboxylic acids is 1. The summed E-state index contributed by atoms with van der Waals surface area (Å²) >= 11 is 0. The van der Waals surface area contributed by atoms with Crippen molar-refractivity contribution in [1.29, 1.82) is 0 Å². The first-order valence-electron chi connectivity index (χ1n) is 6.92. The van der Waals surface area contributed by atoms with Crippen LogP contribution in [0.5, 0.6) is 0 Å².